The van der Waals surface area contributed by atoms with Gasteiger partial charge in [0.05, 0.1) is 12.5 Å². The van der Waals surface area contributed by atoms with Gasteiger partial charge in [0.15, 0.2) is 0 Å². The maximum atomic E-state index is 6.07. The number of nitrogens with zero attached hydrogens (tertiary/aromatic N) is 4. The van der Waals surface area contributed by atoms with Gasteiger partial charge in [-0.1, -0.05) is 29.8 Å². The van der Waals surface area contributed by atoms with E-state index in [2.05, 4.69) is 36.9 Å². The van der Waals surface area contributed by atoms with Crippen LogP contribution in [0.3, 0.4) is 0 Å². The zero-order valence-corrected chi connectivity index (χ0v) is 14.8. The van der Waals surface area contributed by atoms with E-state index in [1.165, 1.54) is 5.56 Å². The fourth-order valence-corrected chi connectivity index (χ4v) is 3.54. The number of hydrogen-bond acceptors (Lipinski definition) is 5. The second-order valence-corrected chi connectivity index (χ2v) is 6.56. The molecule has 0 saturated carbocycles. The zero-order valence-electron chi connectivity index (χ0n) is 14.1. The summed E-state index contributed by atoms with van der Waals surface area (Å²) < 4.78 is 5.46. The standard InChI is InChI=1S/C18H20ClN5O/c1-25-15-5-3-2-4-13(15)11-23-6-8-24(9-7-23)18-14-10-16(19)22-17(14)20-12-21-18/h2-5,10,12H,6-9,11H2,1H3,(H,20,21,22). The first-order valence-electron chi connectivity index (χ1n) is 8.33. The van der Waals surface area contributed by atoms with Crippen molar-refractivity contribution in [3.05, 3.63) is 47.4 Å². The Balaban J connectivity index is 1.46. The Morgan fingerprint density at radius 2 is 1.96 bits per heavy atom. The predicted molar refractivity (Wildman–Crippen MR) is 99.4 cm³/mol. The monoisotopic (exact) mass is 357 g/mol. The van der Waals surface area contributed by atoms with Crippen LogP contribution in [0.4, 0.5) is 5.82 Å². The number of methoxy groups -OCH3 is 1. The number of piperazine rings is 1. The van der Waals surface area contributed by atoms with Crippen molar-refractivity contribution in [3.8, 4) is 5.75 Å². The first-order chi connectivity index (χ1) is 12.2. The van der Waals surface area contributed by atoms with Crippen molar-refractivity contribution in [2.24, 2.45) is 0 Å². The zero-order chi connectivity index (χ0) is 17.2. The molecule has 25 heavy (non-hydrogen) atoms. The minimum absolute atomic E-state index is 0.589. The quantitative estimate of drug-likeness (QED) is 0.778. The molecule has 1 aliphatic rings. The van der Waals surface area contributed by atoms with E-state index in [-0.39, 0.29) is 0 Å². The summed E-state index contributed by atoms with van der Waals surface area (Å²) in [5.74, 6) is 1.90. The third-order valence-electron chi connectivity index (χ3n) is 4.63. The number of benzene rings is 1. The minimum atomic E-state index is 0.589. The number of aromatic nitrogens is 3. The molecule has 0 radical (unpaired) electrons. The summed E-state index contributed by atoms with van der Waals surface area (Å²) in [6.45, 7) is 4.69. The molecule has 3 heterocycles. The van der Waals surface area contributed by atoms with Gasteiger partial charge in [-0.2, -0.15) is 0 Å². The van der Waals surface area contributed by atoms with Crippen molar-refractivity contribution in [3.63, 3.8) is 0 Å². The first-order valence-corrected chi connectivity index (χ1v) is 8.71. The molecule has 1 N–H and O–H groups in total. The Kier molecular flexibility index (Phi) is 4.46. The molecule has 6 nitrogen and oxygen atoms in total. The van der Waals surface area contributed by atoms with Crippen LogP contribution in [-0.4, -0.2) is 53.1 Å². The number of rotatable bonds is 4. The Labute approximate surface area is 151 Å². The SMILES string of the molecule is COc1ccccc1CN1CCN(c2ncnc3[nH]c(Cl)cc23)CC1. The molecule has 3 aromatic rings. The van der Waals surface area contributed by atoms with Gasteiger partial charge in [0.1, 0.15) is 28.7 Å². The topological polar surface area (TPSA) is 57.3 Å². The van der Waals surface area contributed by atoms with Gasteiger partial charge < -0.3 is 14.6 Å². The highest BCUT2D eigenvalue weighted by molar-refractivity contribution is 6.30. The summed E-state index contributed by atoms with van der Waals surface area (Å²) in [6, 6.07) is 10.1. The van der Waals surface area contributed by atoms with Crippen LogP contribution in [0.1, 0.15) is 5.56 Å². The number of aromatic amines is 1. The molecule has 7 heteroatoms. The molecule has 0 amide bonds. The number of hydrogen-bond donors (Lipinski definition) is 1. The molecule has 0 bridgehead atoms. The van der Waals surface area contributed by atoms with Crippen molar-refractivity contribution in [2.75, 3.05) is 38.2 Å². The molecule has 1 aliphatic heterocycles. The van der Waals surface area contributed by atoms with E-state index in [0.717, 1.165) is 55.3 Å². The van der Waals surface area contributed by atoms with Gasteiger partial charge in [-0.15, -0.1) is 0 Å². The second kappa shape index (κ2) is 6.90. The van der Waals surface area contributed by atoms with Crippen molar-refractivity contribution in [2.45, 2.75) is 6.54 Å². The molecule has 2 aromatic heterocycles. The lowest BCUT2D eigenvalue weighted by Crippen LogP contribution is -2.46. The molecule has 1 saturated heterocycles. The summed E-state index contributed by atoms with van der Waals surface area (Å²) >= 11 is 6.07. The Hall–Kier alpha value is -2.31. The molecular weight excluding hydrogens is 338 g/mol. The normalized spacial score (nSPS) is 15.7. The number of H-pyrrole nitrogens is 1. The van der Waals surface area contributed by atoms with E-state index in [9.17, 15) is 0 Å². The number of para-hydroxylation sites is 1. The van der Waals surface area contributed by atoms with Crippen LogP contribution in [0.15, 0.2) is 36.7 Å². The van der Waals surface area contributed by atoms with Crippen LogP contribution in [-0.2, 0) is 6.54 Å². The van der Waals surface area contributed by atoms with E-state index in [1.54, 1.807) is 13.4 Å². The van der Waals surface area contributed by atoms with E-state index >= 15 is 0 Å². The van der Waals surface area contributed by atoms with Crippen LogP contribution in [0.25, 0.3) is 11.0 Å². The van der Waals surface area contributed by atoms with Crippen LogP contribution in [0.2, 0.25) is 5.15 Å². The second-order valence-electron chi connectivity index (χ2n) is 6.15. The van der Waals surface area contributed by atoms with E-state index in [4.69, 9.17) is 16.3 Å². The van der Waals surface area contributed by atoms with Gasteiger partial charge in [-0.3, -0.25) is 4.90 Å². The molecular formula is C18H20ClN5O. The summed E-state index contributed by atoms with van der Waals surface area (Å²) in [4.78, 5) is 16.5. The number of fused-ring (bicyclic) bond motifs is 1. The van der Waals surface area contributed by atoms with Crippen LogP contribution < -0.4 is 9.64 Å². The maximum Gasteiger partial charge on any atom is 0.144 e. The highest BCUT2D eigenvalue weighted by Gasteiger charge is 2.21. The average molecular weight is 358 g/mol. The molecule has 0 atom stereocenters. The van der Waals surface area contributed by atoms with Gasteiger partial charge in [-0.05, 0) is 12.1 Å². The van der Waals surface area contributed by atoms with Gasteiger partial charge in [0.25, 0.3) is 0 Å². The van der Waals surface area contributed by atoms with Gasteiger partial charge >= 0.3 is 0 Å². The molecule has 1 aromatic carbocycles. The summed E-state index contributed by atoms with van der Waals surface area (Å²) in [5.41, 5.74) is 2.01. The third-order valence-corrected chi connectivity index (χ3v) is 4.83. The van der Waals surface area contributed by atoms with Crippen molar-refractivity contribution in [1.82, 2.24) is 19.9 Å². The molecule has 0 aliphatic carbocycles. The Morgan fingerprint density at radius 3 is 2.76 bits per heavy atom. The predicted octanol–water partition coefficient (Wildman–Crippen LogP) is 2.94. The number of anilines is 1. The summed E-state index contributed by atoms with van der Waals surface area (Å²) in [6.07, 6.45) is 1.59. The minimum Gasteiger partial charge on any atom is -0.496 e. The summed E-state index contributed by atoms with van der Waals surface area (Å²) in [7, 11) is 1.72. The molecule has 0 spiro atoms. The largest absolute Gasteiger partial charge is 0.496 e. The lowest BCUT2D eigenvalue weighted by molar-refractivity contribution is 0.246. The van der Waals surface area contributed by atoms with Gasteiger partial charge in [0.2, 0.25) is 0 Å². The average Bonchev–Trinajstić information content (AvgIpc) is 3.03. The Bertz CT molecular complexity index is 873. The third kappa shape index (κ3) is 3.27. The van der Waals surface area contributed by atoms with E-state index in [1.807, 2.05) is 18.2 Å². The first kappa shape index (κ1) is 16.2. The lowest BCUT2D eigenvalue weighted by Gasteiger charge is -2.35. The van der Waals surface area contributed by atoms with Crippen LogP contribution >= 0.6 is 11.6 Å². The fourth-order valence-electron chi connectivity index (χ4n) is 3.34. The number of nitrogens with one attached hydrogen (secondary N) is 1. The van der Waals surface area contributed by atoms with Crippen LogP contribution in [0, 0.1) is 0 Å². The van der Waals surface area contributed by atoms with E-state index in [0.29, 0.717) is 5.15 Å². The molecule has 130 valence electrons. The van der Waals surface area contributed by atoms with Crippen molar-refractivity contribution in [1.29, 1.82) is 0 Å². The highest BCUT2D eigenvalue weighted by Crippen LogP contribution is 2.27. The highest BCUT2D eigenvalue weighted by atomic mass is 35.5. The fraction of sp³-hybridized carbons (Fsp3) is 0.333. The number of halogens is 1. The smallest absolute Gasteiger partial charge is 0.144 e. The van der Waals surface area contributed by atoms with Crippen molar-refractivity contribution < 1.29 is 4.74 Å². The maximum absolute atomic E-state index is 6.07. The lowest BCUT2D eigenvalue weighted by atomic mass is 10.1. The number of ether oxygens (including phenoxy) is 1. The van der Waals surface area contributed by atoms with E-state index < -0.39 is 0 Å². The molecule has 4 rings (SSSR count). The molecule has 1 fully saturated rings. The summed E-state index contributed by atoms with van der Waals surface area (Å²) in [5, 5.41) is 1.57. The van der Waals surface area contributed by atoms with Gasteiger partial charge in [-0.25, -0.2) is 9.97 Å². The van der Waals surface area contributed by atoms with Gasteiger partial charge in [0, 0.05) is 38.3 Å². The molecule has 0 unspecified atom stereocenters. The Morgan fingerprint density at radius 1 is 1.16 bits per heavy atom. The van der Waals surface area contributed by atoms with Crippen molar-refractivity contribution >= 4 is 28.5 Å². The van der Waals surface area contributed by atoms with Crippen LogP contribution in [0.5, 0.6) is 5.75 Å².